The van der Waals surface area contributed by atoms with Gasteiger partial charge in [0.15, 0.2) is 0 Å². The van der Waals surface area contributed by atoms with Crippen molar-refractivity contribution in [3.63, 3.8) is 0 Å². The molecule has 2 aliphatic rings. The second-order valence-corrected chi connectivity index (χ2v) is 7.39. The highest BCUT2D eigenvalue weighted by molar-refractivity contribution is 6.34. The number of anilines is 1. The molecule has 1 aromatic rings. The zero-order chi connectivity index (χ0) is 18.4. The van der Waals surface area contributed by atoms with E-state index in [0.717, 1.165) is 32.2 Å². The number of hydrogen-bond donors (Lipinski definition) is 3. The molecule has 3 rings (SSSR count). The average Bonchev–Trinajstić information content (AvgIpc) is 2.65. The lowest BCUT2D eigenvalue weighted by atomic mass is 9.95. The second kappa shape index (κ2) is 10.9. The third-order valence-corrected chi connectivity index (χ3v) is 5.19. The van der Waals surface area contributed by atoms with Crippen molar-refractivity contribution in [2.75, 3.05) is 25.1 Å². The molecule has 2 fully saturated rings. The van der Waals surface area contributed by atoms with E-state index in [-0.39, 0.29) is 36.3 Å². The monoisotopic (exact) mass is 415 g/mol. The summed E-state index contributed by atoms with van der Waals surface area (Å²) in [6.07, 6.45) is 5.87. The van der Waals surface area contributed by atoms with E-state index < -0.39 is 0 Å². The fourth-order valence-electron chi connectivity index (χ4n) is 3.47. The summed E-state index contributed by atoms with van der Waals surface area (Å²) < 4.78 is 5.36. The van der Waals surface area contributed by atoms with Gasteiger partial charge in [-0.1, -0.05) is 30.9 Å². The van der Waals surface area contributed by atoms with Crippen LogP contribution in [0, 0.1) is 0 Å². The number of hydrogen-bond acceptors (Lipinski definition) is 4. The van der Waals surface area contributed by atoms with Gasteiger partial charge in [0.25, 0.3) is 5.91 Å². The molecule has 1 heterocycles. The Labute approximate surface area is 171 Å². The van der Waals surface area contributed by atoms with Gasteiger partial charge in [0.05, 0.1) is 23.8 Å². The van der Waals surface area contributed by atoms with Crippen LogP contribution in [0.3, 0.4) is 0 Å². The number of rotatable bonds is 5. The van der Waals surface area contributed by atoms with Crippen LogP contribution in [-0.2, 0) is 9.53 Å². The Hall–Kier alpha value is -1.34. The van der Waals surface area contributed by atoms with Gasteiger partial charge in [-0.05, 0) is 31.0 Å². The molecule has 1 aromatic carbocycles. The maximum Gasteiger partial charge on any atom is 0.253 e. The Morgan fingerprint density at radius 2 is 2.00 bits per heavy atom. The summed E-state index contributed by atoms with van der Waals surface area (Å²) in [6.45, 7) is 1.96. The van der Waals surface area contributed by atoms with Crippen LogP contribution in [0.2, 0.25) is 5.02 Å². The lowest BCUT2D eigenvalue weighted by Gasteiger charge is -2.23. The van der Waals surface area contributed by atoms with Crippen molar-refractivity contribution in [3.05, 3.63) is 28.8 Å². The van der Waals surface area contributed by atoms with E-state index in [0.29, 0.717) is 35.9 Å². The number of benzene rings is 1. The minimum absolute atomic E-state index is 0. The van der Waals surface area contributed by atoms with Gasteiger partial charge in [-0.15, -0.1) is 12.4 Å². The molecule has 0 aromatic heterocycles. The molecule has 0 spiro atoms. The van der Waals surface area contributed by atoms with Crippen molar-refractivity contribution in [1.82, 2.24) is 10.6 Å². The van der Waals surface area contributed by atoms with Gasteiger partial charge in [-0.25, -0.2) is 0 Å². The first-order valence-corrected chi connectivity index (χ1v) is 9.71. The molecule has 27 heavy (non-hydrogen) atoms. The second-order valence-electron chi connectivity index (χ2n) is 6.98. The van der Waals surface area contributed by atoms with Crippen LogP contribution in [0.25, 0.3) is 0 Å². The summed E-state index contributed by atoms with van der Waals surface area (Å²) in [7, 11) is 0. The lowest BCUT2D eigenvalue weighted by molar-refractivity contribution is -0.117. The van der Waals surface area contributed by atoms with Crippen molar-refractivity contribution < 1.29 is 14.3 Å². The van der Waals surface area contributed by atoms with E-state index in [1.54, 1.807) is 18.2 Å². The third kappa shape index (κ3) is 6.64. The molecule has 0 radical (unpaired) electrons. The number of carbonyl (C=O) groups is 2. The summed E-state index contributed by atoms with van der Waals surface area (Å²) in [5.74, 6) is -0.297. The zero-order valence-electron chi connectivity index (χ0n) is 15.3. The Morgan fingerprint density at radius 1 is 1.22 bits per heavy atom. The molecular weight excluding hydrogens is 389 g/mol. The molecule has 1 unspecified atom stereocenters. The van der Waals surface area contributed by atoms with E-state index in [1.165, 1.54) is 6.42 Å². The molecule has 1 saturated heterocycles. The highest BCUT2D eigenvalue weighted by Crippen LogP contribution is 2.23. The van der Waals surface area contributed by atoms with Gasteiger partial charge < -0.3 is 20.7 Å². The van der Waals surface area contributed by atoms with Crippen molar-refractivity contribution >= 4 is 41.5 Å². The maximum absolute atomic E-state index is 12.6. The summed E-state index contributed by atoms with van der Waals surface area (Å²) >= 11 is 6.20. The SMILES string of the molecule is Cl.O=C(CC1COCCN1)Nc1ccc(Cl)c(C(=O)NC2CCCCC2)c1. The van der Waals surface area contributed by atoms with E-state index in [9.17, 15) is 9.59 Å². The van der Waals surface area contributed by atoms with Crippen LogP contribution < -0.4 is 16.0 Å². The normalized spacial score (nSPS) is 20.4. The van der Waals surface area contributed by atoms with E-state index >= 15 is 0 Å². The van der Waals surface area contributed by atoms with Gasteiger partial charge >= 0.3 is 0 Å². The number of morpholine rings is 1. The Morgan fingerprint density at radius 3 is 2.70 bits per heavy atom. The molecule has 1 saturated carbocycles. The smallest absolute Gasteiger partial charge is 0.253 e. The topological polar surface area (TPSA) is 79.5 Å². The number of halogens is 2. The Balaban J connectivity index is 0.00000261. The molecule has 150 valence electrons. The van der Waals surface area contributed by atoms with Crippen LogP contribution >= 0.6 is 24.0 Å². The first-order valence-electron chi connectivity index (χ1n) is 9.33. The highest BCUT2D eigenvalue weighted by atomic mass is 35.5. The lowest BCUT2D eigenvalue weighted by Crippen LogP contribution is -2.43. The fraction of sp³-hybridized carbons (Fsp3) is 0.579. The summed E-state index contributed by atoms with van der Waals surface area (Å²) in [6, 6.07) is 5.23. The molecule has 2 amide bonds. The van der Waals surface area contributed by atoms with E-state index in [4.69, 9.17) is 16.3 Å². The number of amides is 2. The minimum atomic E-state index is -0.180. The van der Waals surface area contributed by atoms with Gasteiger partial charge in [0, 0.05) is 30.7 Å². The first-order chi connectivity index (χ1) is 12.6. The predicted octanol–water partition coefficient (Wildman–Crippen LogP) is 3.14. The van der Waals surface area contributed by atoms with Gasteiger partial charge in [-0.3, -0.25) is 9.59 Å². The molecule has 6 nitrogen and oxygen atoms in total. The zero-order valence-corrected chi connectivity index (χ0v) is 16.8. The number of ether oxygens (including phenoxy) is 1. The van der Waals surface area contributed by atoms with Gasteiger partial charge in [0.1, 0.15) is 0 Å². The standard InChI is InChI=1S/C19H26ClN3O3.ClH/c20-17-7-6-14(22-18(24)11-15-12-26-9-8-21-15)10-16(17)19(25)23-13-4-2-1-3-5-13;/h6-7,10,13,15,21H,1-5,8-9,11-12H2,(H,22,24)(H,23,25);1H. The predicted molar refractivity (Wildman–Crippen MR) is 109 cm³/mol. The molecule has 0 bridgehead atoms. The quantitative estimate of drug-likeness (QED) is 0.689. The van der Waals surface area contributed by atoms with Crippen LogP contribution in [0.15, 0.2) is 18.2 Å². The molecule has 3 N–H and O–H groups in total. The Kier molecular flexibility index (Phi) is 8.83. The number of carbonyl (C=O) groups excluding carboxylic acids is 2. The first kappa shape index (κ1) is 22.0. The fourth-order valence-corrected chi connectivity index (χ4v) is 3.68. The van der Waals surface area contributed by atoms with Crippen molar-refractivity contribution in [2.45, 2.75) is 50.6 Å². The van der Waals surface area contributed by atoms with Crippen molar-refractivity contribution in [2.24, 2.45) is 0 Å². The Bertz CT molecular complexity index is 645. The minimum Gasteiger partial charge on any atom is -0.378 e. The van der Waals surface area contributed by atoms with E-state index in [2.05, 4.69) is 16.0 Å². The summed E-state index contributed by atoms with van der Waals surface area (Å²) in [4.78, 5) is 24.8. The van der Waals surface area contributed by atoms with Crippen molar-refractivity contribution in [1.29, 1.82) is 0 Å². The highest BCUT2D eigenvalue weighted by Gasteiger charge is 2.20. The molecule has 8 heteroatoms. The van der Waals surface area contributed by atoms with Crippen LogP contribution in [0.4, 0.5) is 5.69 Å². The van der Waals surface area contributed by atoms with Crippen LogP contribution in [0.1, 0.15) is 48.9 Å². The number of nitrogens with one attached hydrogen (secondary N) is 3. The van der Waals surface area contributed by atoms with Crippen LogP contribution in [-0.4, -0.2) is 43.7 Å². The molecule has 1 aliphatic heterocycles. The van der Waals surface area contributed by atoms with E-state index in [1.807, 2.05) is 0 Å². The summed E-state index contributed by atoms with van der Waals surface area (Å²) in [5, 5.41) is 9.54. The molecular formula is C19H27Cl2N3O3. The molecule has 1 aliphatic carbocycles. The average molecular weight is 416 g/mol. The third-order valence-electron chi connectivity index (χ3n) is 4.87. The van der Waals surface area contributed by atoms with Gasteiger partial charge in [0.2, 0.25) is 5.91 Å². The van der Waals surface area contributed by atoms with Gasteiger partial charge in [-0.2, -0.15) is 0 Å². The summed E-state index contributed by atoms with van der Waals surface area (Å²) in [5.41, 5.74) is 0.971. The van der Waals surface area contributed by atoms with Crippen molar-refractivity contribution in [3.8, 4) is 0 Å². The maximum atomic E-state index is 12.6. The largest absolute Gasteiger partial charge is 0.378 e. The van der Waals surface area contributed by atoms with Crippen LogP contribution in [0.5, 0.6) is 0 Å². The molecule has 1 atom stereocenters.